The Hall–Kier alpha value is -1.77. The SMILES string of the molecule is Cc1nc2c3ccccc3nc(SCc3nnsc3Cl)n2n1. The number of thioether (sulfide) groups is 1. The summed E-state index contributed by atoms with van der Waals surface area (Å²) in [6.07, 6.45) is 0. The molecule has 1 aromatic carbocycles. The molecule has 22 heavy (non-hydrogen) atoms. The van der Waals surface area contributed by atoms with Crippen LogP contribution in [0.15, 0.2) is 29.4 Å². The van der Waals surface area contributed by atoms with Gasteiger partial charge in [0.1, 0.15) is 15.9 Å². The van der Waals surface area contributed by atoms with E-state index in [1.165, 1.54) is 23.3 Å². The lowest BCUT2D eigenvalue weighted by Gasteiger charge is -2.05. The first kappa shape index (κ1) is 13.9. The Balaban J connectivity index is 1.83. The van der Waals surface area contributed by atoms with Crippen LogP contribution < -0.4 is 0 Å². The monoisotopic (exact) mass is 348 g/mol. The van der Waals surface area contributed by atoms with Crippen molar-refractivity contribution in [3.63, 3.8) is 0 Å². The summed E-state index contributed by atoms with van der Waals surface area (Å²) in [6, 6.07) is 7.91. The van der Waals surface area contributed by atoms with Crippen LogP contribution in [0, 0.1) is 6.92 Å². The smallest absolute Gasteiger partial charge is 0.191 e. The number of para-hydroxylation sites is 1. The highest BCUT2D eigenvalue weighted by Crippen LogP contribution is 2.28. The molecule has 3 heterocycles. The van der Waals surface area contributed by atoms with Crippen LogP contribution in [0.3, 0.4) is 0 Å². The van der Waals surface area contributed by atoms with Crippen molar-refractivity contribution in [2.45, 2.75) is 17.8 Å². The third-order valence-electron chi connectivity index (χ3n) is 3.10. The van der Waals surface area contributed by atoms with Crippen LogP contribution in [-0.2, 0) is 5.75 Å². The zero-order valence-corrected chi connectivity index (χ0v) is 13.8. The molecule has 0 bridgehead atoms. The van der Waals surface area contributed by atoms with E-state index < -0.39 is 0 Å². The van der Waals surface area contributed by atoms with Crippen LogP contribution in [-0.4, -0.2) is 29.2 Å². The molecule has 0 saturated carbocycles. The van der Waals surface area contributed by atoms with Gasteiger partial charge in [0.05, 0.1) is 5.52 Å². The number of aromatic nitrogens is 6. The molecule has 9 heteroatoms. The summed E-state index contributed by atoms with van der Waals surface area (Å²) in [5.74, 6) is 1.31. The van der Waals surface area contributed by atoms with Crippen molar-refractivity contribution in [1.29, 1.82) is 0 Å². The topological polar surface area (TPSA) is 68.9 Å². The van der Waals surface area contributed by atoms with Gasteiger partial charge in [0, 0.05) is 22.7 Å². The molecule has 0 fully saturated rings. The van der Waals surface area contributed by atoms with Crippen molar-refractivity contribution in [3.05, 3.63) is 40.1 Å². The van der Waals surface area contributed by atoms with E-state index in [-0.39, 0.29) is 0 Å². The van der Waals surface area contributed by atoms with Crippen molar-refractivity contribution >= 4 is 51.4 Å². The molecule has 4 rings (SSSR count). The lowest BCUT2D eigenvalue weighted by molar-refractivity contribution is 0.796. The fourth-order valence-corrected chi connectivity index (χ4v) is 3.82. The highest BCUT2D eigenvalue weighted by atomic mass is 35.5. The molecule has 0 amide bonds. The van der Waals surface area contributed by atoms with E-state index in [4.69, 9.17) is 11.6 Å². The molecule has 0 saturated heterocycles. The number of aryl methyl sites for hydroxylation is 1. The number of benzene rings is 1. The second-order valence-electron chi connectivity index (χ2n) is 4.59. The number of halogens is 1. The molecule has 6 nitrogen and oxygen atoms in total. The Bertz CT molecular complexity index is 979. The van der Waals surface area contributed by atoms with Gasteiger partial charge >= 0.3 is 0 Å². The fourth-order valence-electron chi connectivity index (χ4n) is 2.14. The molecule has 110 valence electrons. The molecule has 0 N–H and O–H groups in total. The van der Waals surface area contributed by atoms with Crippen LogP contribution >= 0.6 is 34.9 Å². The zero-order valence-electron chi connectivity index (χ0n) is 11.4. The molecule has 3 aromatic heterocycles. The minimum absolute atomic E-state index is 0.592. The van der Waals surface area contributed by atoms with E-state index in [1.807, 2.05) is 31.2 Å². The van der Waals surface area contributed by atoms with Gasteiger partial charge in [-0.25, -0.2) is 9.97 Å². The van der Waals surface area contributed by atoms with Crippen molar-refractivity contribution in [1.82, 2.24) is 29.2 Å². The van der Waals surface area contributed by atoms with E-state index >= 15 is 0 Å². The summed E-state index contributed by atoms with van der Waals surface area (Å²) in [5, 5.41) is 10.2. The summed E-state index contributed by atoms with van der Waals surface area (Å²) in [5.41, 5.74) is 2.47. The Morgan fingerprint density at radius 2 is 2.14 bits per heavy atom. The Morgan fingerprint density at radius 1 is 1.27 bits per heavy atom. The van der Waals surface area contributed by atoms with Gasteiger partial charge in [-0.05, 0) is 19.1 Å². The number of rotatable bonds is 3. The highest BCUT2D eigenvalue weighted by Gasteiger charge is 2.14. The quantitative estimate of drug-likeness (QED) is 0.417. The standard InChI is InChI=1S/C13H9ClN6S2/c1-7-15-12-8-4-2-3-5-9(8)16-13(20(12)18-7)21-6-10-11(14)22-19-17-10/h2-5H,6H2,1H3. The minimum Gasteiger partial charge on any atom is -0.222 e. The minimum atomic E-state index is 0.592. The Morgan fingerprint density at radius 3 is 2.95 bits per heavy atom. The van der Waals surface area contributed by atoms with Crippen LogP contribution in [0.1, 0.15) is 11.5 Å². The van der Waals surface area contributed by atoms with Crippen LogP contribution in [0.2, 0.25) is 4.34 Å². The second-order valence-corrected chi connectivity index (χ2v) is 6.89. The average molecular weight is 349 g/mol. The number of hydrogen-bond acceptors (Lipinski definition) is 7. The molecule has 0 aliphatic heterocycles. The average Bonchev–Trinajstić information content (AvgIpc) is 3.10. The van der Waals surface area contributed by atoms with E-state index in [9.17, 15) is 0 Å². The lowest BCUT2D eigenvalue weighted by Crippen LogP contribution is -1.98. The first-order valence-electron chi connectivity index (χ1n) is 6.44. The van der Waals surface area contributed by atoms with Crippen molar-refractivity contribution in [2.75, 3.05) is 0 Å². The van der Waals surface area contributed by atoms with Gasteiger partial charge < -0.3 is 0 Å². The molecule has 0 atom stereocenters. The summed E-state index contributed by atoms with van der Waals surface area (Å²) in [4.78, 5) is 9.19. The normalized spacial score (nSPS) is 11.5. The third kappa shape index (κ3) is 2.33. The predicted molar refractivity (Wildman–Crippen MR) is 87.5 cm³/mol. The molecule has 4 aromatic rings. The molecular formula is C13H9ClN6S2. The van der Waals surface area contributed by atoms with Gasteiger partial charge in [0.2, 0.25) is 0 Å². The van der Waals surface area contributed by atoms with Crippen molar-refractivity contribution in [3.8, 4) is 0 Å². The second kappa shape index (κ2) is 5.45. The number of fused-ring (bicyclic) bond motifs is 3. The van der Waals surface area contributed by atoms with Crippen LogP contribution in [0.25, 0.3) is 16.6 Å². The molecule has 0 aliphatic rings. The van der Waals surface area contributed by atoms with Gasteiger partial charge in [-0.1, -0.05) is 40.0 Å². The summed E-state index contributed by atoms with van der Waals surface area (Å²) < 4.78 is 6.23. The molecule has 0 spiro atoms. The molecule has 0 unspecified atom stereocenters. The van der Waals surface area contributed by atoms with E-state index in [0.29, 0.717) is 15.9 Å². The van der Waals surface area contributed by atoms with Gasteiger partial charge in [0.15, 0.2) is 10.8 Å². The van der Waals surface area contributed by atoms with E-state index in [1.54, 1.807) is 4.52 Å². The number of nitrogens with zero attached hydrogens (tertiary/aromatic N) is 6. The Kier molecular flexibility index (Phi) is 3.44. The van der Waals surface area contributed by atoms with E-state index in [0.717, 1.165) is 27.4 Å². The van der Waals surface area contributed by atoms with Gasteiger partial charge in [-0.3, -0.25) is 0 Å². The molecule has 0 aliphatic carbocycles. The third-order valence-corrected chi connectivity index (χ3v) is 5.03. The van der Waals surface area contributed by atoms with E-state index in [2.05, 4.69) is 24.7 Å². The first-order valence-corrected chi connectivity index (χ1v) is 8.58. The van der Waals surface area contributed by atoms with Crippen molar-refractivity contribution < 1.29 is 0 Å². The van der Waals surface area contributed by atoms with Gasteiger partial charge in [-0.15, -0.1) is 10.2 Å². The summed E-state index contributed by atoms with van der Waals surface area (Å²) in [6.45, 7) is 1.87. The maximum Gasteiger partial charge on any atom is 0.191 e. The van der Waals surface area contributed by atoms with Gasteiger partial charge in [-0.2, -0.15) is 4.52 Å². The first-order chi connectivity index (χ1) is 10.7. The maximum atomic E-state index is 6.05. The summed E-state index contributed by atoms with van der Waals surface area (Å²) in [7, 11) is 0. The van der Waals surface area contributed by atoms with Crippen LogP contribution in [0.5, 0.6) is 0 Å². The zero-order chi connectivity index (χ0) is 15.1. The maximum absolute atomic E-state index is 6.05. The van der Waals surface area contributed by atoms with Crippen molar-refractivity contribution in [2.24, 2.45) is 0 Å². The Labute approximate surface area is 138 Å². The predicted octanol–water partition coefficient (Wildman–Crippen LogP) is 3.38. The number of hydrogen-bond donors (Lipinski definition) is 0. The molecule has 0 radical (unpaired) electrons. The van der Waals surface area contributed by atoms with Gasteiger partial charge in [0.25, 0.3) is 0 Å². The highest BCUT2D eigenvalue weighted by molar-refractivity contribution is 7.98. The molecular weight excluding hydrogens is 340 g/mol. The largest absolute Gasteiger partial charge is 0.222 e. The lowest BCUT2D eigenvalue weighted by atomic mass is 10.2. The van der Waals surface area contributed by atoms with Crippen LogP contribution in [0.4, 0.5) is 0 Å². The summed E-state index contributed by atoms with van der Waals surface area (Å²) >= 11 is 8.75. The fraction of sp³-hybridized carbons (Fsp3) is 0.154.